The maximum absolute atomic E-state index is 12.8. The van der Waals surface area contributed by atoms with Gasteiger partial charge in [-0.2, -0.15) is 0 Å². The van der Waals surface area contributed by atoms with Crippen molar-refractivity contribution >= 4 is 157 Å². The van der Waals surface area contributed by atoms with Crippen molar-refractivity contribution in [2.24, 2.45) is 17.6 Å². The number of sulfone groups is 3. The van der Waals surface area contributed by atoms with E-state index in [4.69, 9.17) is 40.5 Å². The second kappa shape index (κ2) is 34.2. The minimum absolute atomic E-state index is 0.0153. The van der Waals surface area contributed by atoms with Crippen LogP contribution in [0, 0.1) is 11.8 Å². The highest BCUT2D eigenvalue weighted by molar-refractivity contribution is 7.98. The van der Waals surface area contributed by atoms with E-state index >= 15 is 0 Å². The van der Waals surface area contributed by atoms with Gasteiger partial charge in [-0.25, -0.2) is 40.2 Å². The lowest BCUT2D eigenvalue weighted by Crippen LogP contribution is -2.18. The summed E-state index contributed by atoms with van der Waals surface area (Å²) in [6, 6.07) is 29.6. The van der Waals surface area contributed by atoms with Crippen LogP contribution in [0.1, 0.15) is 219 Å². The predicted molar refractivity (Wildman–Crippen MR) is 455 cm³/mol. The van der Waals surface area contributed by atoms with Crippen LogP contribution < -0.4 is 27.0 Å². The monoisotopic (exact) mass is 1720 g/mol. The van der Waals surface area contributed by atoms with Gasteiger partial charge in [-0.15, -0.1) is 11.8 Å². The Morgan fingerprint density at radius 2 is 0.684 bits per heavy atom. The third-order valence-electron chi connectivity index (χ3n) is 23.3. The number of rotatable bonds is 20. The lowest BCUT2D eigenvalue weighted by atomic mass is 9.80. The summed E-state index contributed by atoms with van der Waals surface area (Å²) in [7, 11) is -3.52. The summed E-state index contributed by atoms with van der Waals surface area (Å²) in [5.41, 5.74) is 19.0. The number of anilines is 8. The van der Waals surface area contributed by atoms with Crippen LogP contribution in [0.4, 0.5) is 45.5 Å². The normalized spacial score (nSPS) is 17.5. The van der Waals surface area contributed by atoms with E-state index in [9.17, 15) is 54.0 Å². The number of amides is 5. The molecule has 6 fully saturated rings. The zero-order valence-electron chi connectivity index (χ0n) is 66.4. The van der Waals surface area contributed by atoms with Crippen molar-refractivity contribution < 1.29 is 54.0 Å². The van der Waals surface area contributed by atoms with Gasteiger partial charge >= 0.3 is 0 Å². The van der Waals surface area contributed by atoms with Crippen molar-refractivity contribution in [2.75, 3.05) is 74.5 Å². The first-order valence-corrected chi connectivity index (χ1v) is 47.3. The molecule has 4 aromatic heterocycles. The number of ketones is 1. The molecule has 0 bridgehead atoms. The molecule has 25 nitrogen and oxygen atoms in total. The Bertz CT molecular complexity index is 5570. The van der Waals surface area contributed by atoms with Gasteiger partial charge in [-0.1, -0.05) is 84.8 Å². The summed E-state index contributed by atoms with van der Waals surface area (Å²) in [4.78, 5) is 98.1. The number of aromatic nitrogens is 4. The Labute approximate surface area is 701 Å². The standard InChI is InChI=1S/C24H27N3O4S.2C19H20ClN3O3S.C19H20ClN3OS.C4H7NO/c1-27-13-20-23(24(27)29)19(11-17(25-20)12-21(28)15-6-7-15)26-18-9-8-16(14-4-3-5-14)10-22(18)32(2,30)31;2*1-23-10-15-18(19(23)24)14(9-17(20)22-15)21-13-7-6-12(11-4-3-5-11)8-16(13)27(2,25)26;1-23-10-15-18(19(23)24)14(9-17(20)22-15)21-13-7-6-12(8-16(13)25-2)11-4-3-5-11;5-4(6)3-1-2-3/h8-11,14-15H,3-7,12-13H2,1-2H3,(H,25,26);2*6-9,11H,3-5,10H2,1-2H3,(H,21,22);6-9,11H,3-5,10H2,1-2H3,(H,21,22);3H,1-2H2,(H2,5,6). The number of nitrogens with one attached hydrogen (secondary N) is 4. The molecule has 0 unspecified atom stereocenters. The number of benzene rings is 4. The number of thioether (sulfide) groups is 1. The van der Waals surface area contributed by atoms with Gasteiger partial charge in [0.2, 0.25) is 5.91 Å². The van der Waals surface area contributed by atoms with Crippen molar-refractivity contribution in [3.8, 4) is 0 Å². The number of hydrogen-bond acceptors (Lipinski definition) is 21. The minimum atomic E-state index is -3.49. The quantitative estimate of drug-likeness (QED) is 0.0349. The second-order valence-corrected chi connectivity index (χ2v) is 40.2. The smallest absolute Gasteiger partial charge is 0.257 e. The maximum atomic E-state index is 12.8. The largest absolute Gasteiger partial charge is 0.369 e. The number of nitrogens with zero attached hydrogens (tertiary/aromatic N) is 8. The SMILES string of the molecule is CN1Cc2nc(CC(=O)C3CC3)cc(Nc3ccc(C4CCC4)cc3S(C)(=O)=O)c2C1=O.CN1Cc2nc(Cl)cc(Nc3ccc(C4CCC4)cc3S(C)(=O)=O)c2C1=O.CN1Cc2nc(Cl)cc(Nc3ccc(C4CCC4)cc3S(C)(=O)=O)c2C1=O.CSc1cc(C2CCC2)ccc1Nc1cc(Cl)nc2c1C(=O)N(C)C2.NC(=O)C1CC1. The van der Waals surface area contributed by atoms with Crippen molar-refractivity contribution in [1.82, 2.24) is 39.5 Å². The topological polar surface area (TPSA) is 343 Å². The molecule has 117 heavy (non-hydrogen) atoms. The first-order valence-electron chi connectivity index (χ1n) is 39.3. The molecule has 5 amide bonds. The molecule has 0 atom stereocenters. The Morgan fingerprint density at radius 3 is 0.949 bits per heavy atom. The van der Waals surface area contributed by atoms with Gasteiger partial charge in [-0.3, -0.25) is 33.8 Å². The number of carbonyl (C=O) groups excluding carboxylic acids is 6. The fourth-order valence-electron chi connectivity index (χ4n) is 15.5. The number of primary amides is 1. The lowest BCUT2D eigenvalue weighted by molar-refractivity contribution is -0.120. The molecule has 4 aromatic carbocycles. The number of nitrogens with two attached hydrogens (primary N) is 1. The number of fused-ring (bicyclic) bond motifs is 4. The number of pyridine rings is 4. The Balaban J connectivity index is 0.000000126. The fourth-order valence-corrected chi connectivity index (χ4v) is 19.3. The van der Waals surface area contributed by atoms with Crippen LogP contribution in [0.2, 0.25) is 15.5 Å². The molecule has 8 heterocycles. The van der Waals surface area contributed by atoms with Crippen molar-refractivity contribution in [1.29, 1.82) is 0 Å². The van der Waals surface area contributed by atoms with Crippen LogP contribution >= 0.6 is 46.6 Å². The lowest BCUT2D eigenvalue weighted by Gasteiger charge is -2.26. The summed E-state index contributed by atoms with van der Waals surface area (Å²) in [5.74, 6) is 1.86. The molecule has 6 saturated carbocycles. The van der Waals surface area contributed by atoms with Gasteiger partial charge in [0.25, 0.3) is 23.6 Å². The molecule has 32 heteroatoms. The third kappa shape index (κ3) is 18.9. The second-order valence-electron chi connectivity index (χ2n) is 32.2. The zero-order chi connectivity index (χ0) is 83.4. The van der Waals surface area contributed by atoms with Crippen molar-refractivity contribution in [2.45, 2.75) is 179 Å². The Hall–Kier alpha value is -9.23. The summed E-state index contributed by atoms with van der Waals surface area (Å²) >= 11 is 20.1. The van der Waals surface area contributed by atoms with E-state index in [-0.39, 0.29) is 78.6 Å². The highest BCUT2D eigenvalue weighted by Crippen LogP contribution is 2.46. The molecule has 0 radical (unpaired) electrons. The van der Waals surface area contributed by atoms with Gasteiger partial charge in [0.05, 0.1) is 137 Å². The van der Waals surface area contributed by atoms with E-state index in [1.165, 1.54) is 67.8 Å². The van der Waals surface area contributed by atoms with Crippen LogP contribution in [-0.4, -0.2) is 153 Å². The molecule has 4 aliphatic heterocycles. The van der Waals surface area contributed by atoms with E-state index < -0.39 is 29.5 Å². The number of hydrogen-bond donors (Lipinski definition) is 5. The molecular formula is C85H94Cl3N13O12S4. The van der Waals surface area contributed by atoms with Gasteiger partial charge in [0.15, 0.2) is 29.5 Å². The van der Waals surface area contributed by atoms with Gasteiger partial charge in [0, 0.05) is 70.1 Å². The summed E-state index contributed by atoms with van der Waals surface area (Å²) in [6.07, 6.45) is 23.7. The summed E-state index contributed by atoms with van der Waals surface area (Å²) in [6.45, 7) is 1.62. The van der Waals surface area contributed by atoms with E-state index in [2.05, 4.69) is 65.7 Å². The summed E-state index contributed by atoms with van der Waals surface area (Å²) < 4.78 is 74.7. The van der Waals surface area contributed by atoms with Crippen LogP contribution in [0.15, 0.2) is 117 Å². The van der Waals surface area contributed by atoms with Crippen LogP contribution in [0.3, 0.4) is 0 Å². The summed E-state index contributed by atoms with van der Waals surface area (Å²) in [5, 5.41) is 13.8. The molecule has 18 rings (SSSR count). The molecule has 10 aliphatic rings. The number of halogens is 3. The van der Waals surface area contributed by atoms with Gasteiger partial charge in [-0.05, 0) is 202 Å². The predicted octanol–water partition coefficient (Wildman–Crippen LogP) is 16.0. The molecule has 0 spiro atoms. The maximum Gasteiger partial charge on any atom is 0.257 e. The zero-order valence-corrected chi connectivity index (χ0v) is 71.9. The van der Waals surface area contributed by atoms with Gasteiger partial charge < -0.3 is 46.6 Å². The van der Waals surface area contributed by atoms with Crippen molar-refractivity contribution in [3.63, 3.8) is 0 Å². The Morgan fingerprint density at radius 1 is 0.402 bits per heavy atom. The highest BCUT2D eigenvalue weighted by atomic mass is 35.5. The minimum Gasteiger partial charge on any atom is -0.369 e. The van der Waals surface area contributed by atoms with E-state index in [1.54, 1.807) is 120 Å². The first kappa shape index (κ1) is 84.2. The van der Waals surface area contributed by atoms with E-state index in [0.717, 1.165) is 98.0 Å². The third-order valence-corrected chi connectivity index (χ3v) is 28.1. The number of carbonyl (C=O) groups is 6. The average Bonchev–Trinajstić information content (AvgIpc) is 1.65. The van der Waals surface area contributed by atoms with E-state index in [0.29, 0.717) is 134 Å². The fraction of sp³-hybridized carbons (Fsp3) is 0.412. The van der Waals surface area contributed by atoms with Crippen molar-refractivity contribution in [3.05, 3.63) is 185 Å². The molecule has 616 valence electrons. The highest BCUT2D eigenvalue weighted by Gasteiger charge is 2.38. The van der Waals surface area contributed by atoms with Crippen LogP contribution in [0.5, 0.6) is 0 Å². The molecule has 8 aromatic rings. The first-order chi connectivity index (χ1) is 55.5. The molecule has 0 saturated heterocycles. The van der Waals surface area contributed by atoms with Gasteiger partial charge in [0.1, 0.15) is 21.2 Å². The van der Waals surface area contributed by atoms with E-state index in [1.807, 2.05) is 18.2 Å². The van der Waals surface area contributed by atoms with Crippen LogP contribution in [-0.2, 0) is 71.7 Å². The van der Waals surface area contributed by atoms with Crippen LogP contribution in [0.25, 0.3) is 0 Å². The molecular weight excluding hydrogens is 1630 g/mol. The average molecular weight is 1720 g/mol. The Kier molecular flexibility index (Phi) is 24.7. The number of Topliss-reactive ketones (excluding diaryl/α,β-unsaturated/α-hetero) is 1. The molecule has 6 aliphatic carbocycles. The molecule has 6 N–H and O–H groups in total.